The molecule has 6 rings (SSSR count). The first-order valence-corrected chi connectivity index (χ1v) is 15.4. The van der Waals surface area contributed by atoms with Crippen LogP contribution in [0.3, 0.4) is 0 Å². The Morgan fingerprint density at radius 1 is 1.12 bits per heavy atom. The molecule has 2 aliphatic heterocycles. The SMILES string of the molecule is CC(C)c1ccc([C@@H]2/C(=C(\O)c3ccc4c(c3)C[C@@H](C)O4)C(=O)C(=O)N2c2nnc(SCc3ccccc3F)s2)cc1. The van der Waals surface area contributed by atoms with E-state index in [1.165, 1.54) is 22.7 Å². The molecule has 1 amide bonds. The second-order valence-electron chi connectivity index (χ2n) is 10.7. The lowest BCUT2D eigenvalue weighted by Crippen LogP contribution is -2.29. The monoisotopic (exact) mass is 601 g/mol. The predicted octanol–water partition coefficient (Wildman–Crippen LogP) is 7.04. The number of hydrogen-bond acceptors (Lipinski definition) is 8. The van der Waals surface area contributed by atoms with E-state index in [0.29, 0.717) is 39.1 Å². The third kappa shape index (κ3) is 5.20. The quantitative estimate of drug-likeness (QED) is 0.0798. The molecule has 0 radical (unpaired) electrons. The number of hydrogen-bond donors (Lipinski definition) is 1. The highest BCUT2D eigenvalue weighted by atomic mass is 32.2. The maximum atomic E-state index is 14.1. The molecule has 0 spiro atoms. The standard InChI is InChI=1S/C32H28FN3O4S2/c1-17(2)19-8-10-20(11-9-19)27-26(28(37)21-12-13-25-23(15-21)14-18(3)40-25)29(38)30(39)36(27)31-34-35-32(42-31)41-16-22-6-4-5-7-24(22)33/h4-13,15,17-18,27,37H,14,16H2,1-3H3/b28-26+/t18-,27-/m1/s1. The minimum Gasteiger partial charge on any atom is -0.507 e. The highest BCUT2D eigenvalue weighted by molar-refractivity contribution is 8.00. The number of aromatic nitrogens is 2. The number of ether oxygens (including phenoxy) is 1. The Bertz CT molecular complexity index is 1720. The number of halogens is 1. The number of anilines is 1. The zero-order valence-corrected chi connectivity index (χ0v) is 24.8. The molecule has 42 heavy (non-hydrogen) atoms. The molecule has 4 aromatic rings. The number of Topliss-reactive ketones (excluding diaryl/α,β-unsaturated/α-hetero) is 1. The van der Waals surface area contributed by atoms with Crippen molar-refractivity contribution in [3.63, 3.8) is 0 Å². The number of carbonyl (C=O) groups is 2. The Morgan fingerprint density at radius 3 is 2.62 bits per heavy atom. The van der Waals surface area contributed by atoms with Gasteiger partial charge >= 0.3 is 5.91 Å². The van der Waals surface area contributed by atoms with Crippen LogP contribution in [0.2, 0.25) is 0 Å². The number of aliphatic hydroxyl groups is 1. The highest BCUT2D eigenvalue weighted by Crippen LogP contribution is 2.45. The molecule has 10 heteroatoms. The van der Waals surface area contributed by atoms with Gasteiger partial charge in [0.15, 0.2) is 4.34 Å². The normalized spacial score (nSPS) is 19.4. The first-order chi connectivity index (χ1) is 20.2. The van der Waals surface area contributed by atoms with E-state index < -0.39 is 17.7 Å². The summed E-state index contributed by atoms with van der Waals surface area (Å²) in [6.45, 7) is 6.14. The predicted molar refractivity (Wildman–Crippen MR) is 161 cm³/mol. The lowest BCUT2D eigenvalue weighted by Gasteiger charge is -2.23. The van der Waals surface area contributed by atoms with Gasteiger partial charge in [0, 0.05) is 17.7 Å². The minimum atomic E-state index is -0.910. The van der Waals surface area contributed by atoms with Gasteiger partial charge in [-0.15, -0.1) is 10.2 Å². The number of carbonyl (C=O) groups excluding carboxylic acids is 2. The molecule has 2 atom stereocenters. The van der Waals surface area contributed by atoms with Crippen molar-refractivity contribution in [1.29, 1.82) is 0 Å². The van der Waals surface area contributed by atoms with Gasteiger partial charge in [0.25, 0.3) is 5.78 Å². The smallest absolute Gasteiger partial charge is 0.301 e. The van der Waals surface area contributed by atoms with Crippen LogP contribution in [0.1, 0.15) is 60.5 Å². The van der Waals surface area contributed by atoms with Crippen molar-refractivity contribution in [2.75, 3.05) is 4.90 Å². The van der Waals surface area contributed by atoms with E-state index in [4.69, 9.17) is 4.74 Å². The second-order valence-corrected chi connectivity index (χ2v) is 12.9. The Labute approximate surface area is 251 Å². The molecule has 3 heterocycles. The summed E-state index contributed by atoms with van der Waals surface area (Å²) in [6.07, 6.45) is 0.702. The molecule has 7 nitrogen and oxygen atoms in total. The maximum Gasteiger partial charge on any atom is 0.301 e. The summed E-state index contributed by atoms with van der Waals surface area (Å²) >= 11 is 2.44. The zero-order valence-electron chi connectivity index (χ0n) is 23.2. The van der Waals surface area contributed by atoms with E-state index in [2.05, 4.69) is 24.0 Å². The van der Waals surface area contributed by atoms with Crippen molar-refractivity contribution in [3.05, 3.63) is 106 Å². The Kier molecular flexibility index (Phi) is 7.59. The molecule has 1 saturated heterocycles. The summed E-state index contributed by atoms with van der Waals surface area (Å²) in [5.41, 5.74) is 3.64. The van der Waals surface area contributed by atoms with E-state index in [1.54, 1.807) is 30.3 Å². The second kappa shape index (κ2) is 11.3. The topological polar surface area (TPSA) is 92.6 Å². The van der Waals surface area contributed by atoms with Crippen LogP contribution in [0.5, 0.6) is 5.75 Å². The number of aliphatic hydroxyl groups excluding tert-OH is 1. The van der Waals surface area contributed by atoms with Crippen LogP contribution in [0.4, 0.5) is 9.52 Å². The van der Waals surface area contributed by atoms with Gasteiger partial charge in [0.05, 0.1) is 11.6 Å². The number of thioether (sulfide) groups is 1. The van der Waals surface area contributed by atoms with Gasteiger partial charge in [0.1, 0.15) is 23.4 Å². The largest absolute Gasteiger partial charge is 0.507 e. The van der Waals surface area contributed by atoms with Crippen LogP contribution in [0.25, 0.3) is 5.76 Å². The summed E-state index contributed by atoms with van der Waals surface area (Å²) in [6, 6.07) is 18.6. The van der Waals surface area contributed by atoms with Crippen molar-refractivity contribution < 1.29 is 23.8 Å². The van der Waals surface area contributed by atoms with Gasteiger partial charge < -0.3 is 9.84 Å². The maximum absolute atomic E-state index is 14.1. The van der Waals surface area contributed by atoms with Crippen molar-refractivity contribution >= 4 is 45.7 Å². The van der Waals surface area contributed by atoms with Crippen LogP contribution in [-0.2, 0) is 21.8 Å². The number of rotatable bonds is 7. The Hall–Kier alpha value is -4.02. The van der Waals surface area contributed by atoms with Crippen LogP contribution < -0.4 is 9.64 Å². The van der Waals surface area contributed by atoms with Gasteiger partial charge in [-0.25, -0.2) is 4.39 Å². The number of amides is 1. The fourth-order valence-electron chi connectivity index (χ4n) is 5.25. The first kappa shape index (κ1) is 28.1. The molecule has 1 aromatic heterocycles. The van der Waals surface area contributed by atoms with E-state index >= 15 is 0 Å². The van der Waals surface area contributed by atoms with E-state index in [9.17, 15) is 19.1 Å². The molecule has 0 saturated carbocycles. The Balaban J connectivity index is 1.40. The number of benzene rings is 3. The Morgan fingerprint density at radius 2 is 1.88 bits per heavy atom. The van der Waals surface area contributed by atoms with Crippen molar-refractivity contribution in [3.8, 4) is 5.75 Å². The molecule has 1 fully saturated rings. The van der Waals surface area contributed by atoms with Gasteiger partial charge in [-0.05, 0) is 59.4 Å². The highest BCUT2D eigenvalue weighted by Gasteiger charge is 2.48. The summed E-state index contributed by atoms with van der Waals surface area (Å²) in [7, 11) is 0. The molecular formula is C32H28FN3O4S2. The van der Waals surface area contributed by atoms with E-state index in [0.717, 1.165) is 28.2 Å². The summed E-state index contributed by atoms with van der Waals surface area (Å²) < 4.78 is 20.5. The molecule has 0 aliphatic carbocycles. The lowest BCUT2D eigenvalue weighted by molar-refractivity contribution is -0.132. The van der Waals surface area contributed by atoms with Crippen LogP contribution >= 0.6 is 23.1 Å². The van der Waals surface area contributed by atoms with Gasteiger partial charge in [-0.2, -0.15) is 0 Å². The summed E-state index contributed by atoms with van der Waals surface area (Å²) in [5.74, 6) is -0.789. The van der Waals surface area contributed by atoms with Crippen molar-refractivity contribution in [2.24, 2.45) is 0 Å². The van der Waals surface area contributed by atoms with E-state index in [1.807, 2.05) is 37.3 Å². The van der Waals surface area contributed by atoms with Crippen LogP contribution in [0.15, 0.2) is 76.6 Å². The van der Waals surface area contributed by atoms with Crippen molar-refractivity contribution in [1.82, 2.24) is 10.2 Å². The number of ketones is 1. The molecule has 1 N–H and O–H groups in total. The number of fused-ring (bicyclic) bond motifs is 1. The molecule has 3 aromatic carbocycles. The lowest BCUT2D eigenvalue weighted by atomic mass is 9.93. The first-order valence-electron chi connectivity index (χ1n) is 13.6. The molecule has 214 valence electrons. The summed E-state index contributed by atoms with van der Waals surface area (Å²) in [4.78, 5) is 28.5. The number of nitrogens with zero attached hydrogens (tertiary/aromatic N) is 3. The molecular weight excluding hydrogens is 574 g/mol. The average Bonchev–Trinajstić information content (AvgIpc) is 3.67. The van der Waals surface area contributed by atoms with Crippen LogP contribution in [-0.4, -0.2) is 33.1 Å². The molecule has 0 unspecified atom stereocenters. The van der Waals surface area contributed by atoms with Gasteiger partial charge in [-0.1, -0.05) is 79.4 Å². The van der Waals surface area contributed by atoms with E-state index in [-0.39, 0.29) is 28.4 Å². The molecule has 0 bridgehead atoms. The third-order valence-electron chi connectivity index (χ3n) is 7.44. The minimum absolute atomic E-state index is 0.0139. The third-order valence-corrected chi connectivity index (χ3v) is 9.55. The fraction of sp³-hybridized carbons (Fsp3) is 0.250. The summed E-state index contributed by atoms with van der Waals surface area (Å²) in [5, 5.41) is 20.2. The zero-order chi connectivity index (χ0) is 29.5. The van der Waals surface area contributed by atoms with Gasteiger partial charge in [0.2, 0.25) is 5.13 Å². The van der Waals surface area contributed by atoms with Gasteiger partial charge in [-0.3, -0.25) is 14.5 Å². The van der Waals surface area contributed by atoms with Crippen molar-refractivity contribution in [2.45, 2.75) is 55.3 Å². The van der Waals surface area contributed by atoms with Crippen LogP contribution in [0, 0.1) is 5.82 Å². The average molecular weight is 602 g/mol. The fourth-order valence-corrected chi connectivity index (χ4v) is 7.10. The molecule has 2 aliphatic rings.